The molecular weight excluding hydrogens is 376 g/mol. The van der Waals surface area contributed by atoms with Gasteiger partial charge in [-0.15, -0.1) is 0 Å². The summed E-state index contributed by atoms with van der Waals surface area (Å²) in [6.07, 6.45) is -0.498. The van der Waals surface area contributed by atoms with E-state index in [0.29, 0.717) is 45.1 Å². The summed E-state index contributed by atoms with van der Waals surface area (Å²) >= 11 is 0. The number of methoxy groups -OCH3 is 2. The van der Waals surface area contributed by atoms with Crippen LogP contribution in [0.5, 0.6) is 23.0 Å². The maximum atomic E-state index is 13.4. The minimum atomic E-state index is -0.525. The second-order valence-electron chi connectivity index (χ2n) is 7.08. The van der Waals surface area contributed by atoms with Crippen molar-refractivity contribution in [3.05, 3.63) is 47.2 Å². The lowest BCUT2D eigenvalue weighted by atomic mass is 9.81. The van der Waals surface area contributed by atoms with Crippen molar-refractivity contribution in [3.8, 4) is 23.0 Å². The van der Waals surface area contributed by atoms with Crippen LogP contribution in [-0.4, -0.2) is 38.5 Å². The Hall–Kier alpha value is -3.48. The van der Waals surface area contributed by atoms with E-state index in [4.69, 9.17) is 23.4 Å². The number of carbonyl (C=O) groups excluding carboxylic acids is 2. The van der Waals surface area contributed by atoms with E-state index in [1.54, 1.807) is 44.6 Å². The van der Waals surface area contributed by atoms with Gasteiger partial charge in [0.1, 0.15) is 29.8 Å². The fourth-order valence-corrected chi connectivity index (χ4v) is 4.02. The number of hydrogen-bond acceptors (Lipinski definition) is 7. The van der Waals surface area contributed by atoms with Crippen molar-refractivity contribution in [1.82, 2.24) is 0 Å². The molecule has 0 bridgehead atoms. The first-order valence-electron chi connectivity index (χ1n) is 9.19. The average molecular weight is 394 g/mol. The Balaban J connectivity index is 1.65. The maximum Gasteiger partial charge on any atom is 0.194 e. The second-order valence-corrected chi connectivity index (χ2v) is 7.08. The van der Waals surface area contributed by atoms with Crippen LogP contribution in [0.15, 0.2) is 34.7 Å². The monoisotopic (exact) mass is 394 g/mol. The fourth-order valence-electron chi connectivity index (χ4n) is 4.02. The molecule has 0 N–H and O–H groups in total. The highest BCUT2D eigenvalue weighted by Gasteiger charge is 2.44. The summed E-state index contributed by atoms with van der Waals surface area (Å²) in [7, 11) is 3.09. The summed E-state index contributed by atoms with van der Waals surface area (Å²) in [6.45, 7) is 1.64. The van der Waals surface area contributed by atoms with E-state index in [2.05, 4.69) is 0 Å². The summed E-state index contributed by atoms with van der Waals surface area (Å²) in [4.78, 5) is 25.1. The molecule has 2 aliphatic rings. The Morgan fingerprint density at radius 2 is 1.86 bits per heavy atom. The number of ether oxygens (including phenoxy) is 4. The quantitative estimate of drug-likeness (QED) is 0.625. The molecule has 7 heteroatoms. The van der Waals surface area contributed by atoms with Crippen LogP contribution in [0.2, 0.25) is 0 Å². The van der Waals surface area contributed by atoms with Gasteiger partial charge in [-0.2, -0.15) is 0 Å². The van der Waals surface area contributed by atoms with Gasteiger partial charge in [0.2, 0.25) is 0 Å². The van der Waals surface area contributed by atoms with Crippen LogP contribution in [0.25, 0.3) is 11.0 Å². The van der Waals surface area contributed by atoms with Crippen LogP contribution in [0.3, 0.4) is 0 Å². The summed E-state index contributed by atoms with van der Waals surface area (Å²) in [6, 6.07) is 8.49. The molecule has 2 aromatic carbocycles. The van der Waals surface area contributed by atoms with Gasteiger partial charge in [0.15, 0.2) is 28.8 Å². The number of ketones is 2. The number of rotatable bonds is 3. The lowest BCUT2D eigenvalue weighted by Gasteiger charge is -2.37. The minimum Gasteiger partial charge on any atom is -0.493 e. The van der Waals surface area contributed by atoms with E-state index in [1.807, 2.05) is 0 Å². The van der Waals surface area contributed by atoms with Crippen LogP contribution in [0.1, 0.15) is 39.3 Å². The van der Waals surface area contributed by atoms with E-state index in [-0.39, 0.29) is 23.9 Å². The van der Waals surface area contributed by atoms with Gasteiger partial charge in [-0.3, -0.25) is 9.59 Å². The van der Waals surface area contributed by atoms with Crippen molar-refractivity contribution in [1.29, 1.82) is 0 Å². The van der Waals surface area contributed by atoms with Crippen LogP contribution < -0.4 is 18.9 Å². The minimum absolute atomic E-state index is 0.0690. The Morgan fingerprint density at radius 3 is 2.59 bits per heavy atom. The molecule has 29 heavy (non-hydrogen) atoms. The number of Topliss-reactive ketones (excluding diaryl/α,β-unsaturated/α-hetero) is 2. The summed E-state index contributed by atoms with van der Waals surface area (Å²) < 4.78 is 28.4. The van der Waals surface area contributed by atoms with Gasteiger partial charge in [-0.25, -0.2) is 0 Å². The van der Waals surface area contributed by atoms with Gasteiger partial charge >= 0.3 is 0 Å². The predicted molar refractivity (Wildman–Crippen MR) is 103 cm³/mol. The standard InChI is InChI=1S/C22H18O7/c1-10(23)15-7-13-14(28-15)5-4-11-21(24)20-12-6-17(25-2)18(26-3)8-16(12)27-9-19(20)29-22(11)13/h4-8,19-20H,9H2,1-3H3. The lowest BCUT2D eigenvalue weighted by Crippen LogP contribution is -2.43. The van der Waals surface area contributed by atoms with E-state index >= 15 is 0 Å². The molecule has 0 aliphatic carbocycles. The van der Waals surface area contributed by atoms with Crippen LogP contribution in [0, 0.1) is 0 Å². The van der Waals surface area contributed by atoms with Gasteiger partial charge in [-0.05, 0) is 24.3 Å². The molecule has 3 aromatic rings. The van der Waals surface area contributed by atoms with Crippen LogP contribution in [0.4, 0.5) is 0 Å². The number of benzene rings is 2. The van der Waals surface area contributed by atoms with Crippen molar-refractivity contribution >= 4 is 22.5 Å². The van der Waals surface area contributed by atoms with Crippen molar-refractivity contribution in [2.75, 3.05) is 20.8 Å². The highest BCUT2D eigenvalue weighted by molar-refractivity contribution is 6.10. The SMILES string of the molecule is COc1cc2c(cc1OC)C1C(=O)c3ccc4oc(C(C)=O)cc4c3OC1CO2. The third kappa shape index (κ3) is 2.50. The van der Waals surface area contributed by atoms with Crippen LogP contribution in [-0.2, 0) is 0 Å². The summed E-state index contributed by atoms with van der Waals surface area (Å²) in [5.74, 6) is 1.50. The summed E-state index contributed by atoms with van der Waals surface area (Å²) in [5.41, 5.74) is 1.66. The Bertz CT molecular complexity index is 1170. The zero-order valence-electron chi connectivity index (χ0n) is 16.1. The normalized spacial score (nSPS) is 19.5. The first kappa shape index (κ1) is 17.6. The third-order valence-corrected chi connectivity index (χ3v) is 5.44. The molecule has 2 unspecified atom stereocenters. The first-order valence-corrected chi connectivity index (χ1v) is 9.19. The smallest absolute Gasteiger partial charge is 0.194 e. The lowest BCUT2D eigenvalue weighted by molar-refractivity contribution is 0.0566. The zero-order chi connectivity index (χ0) is 20.3. The highest BCUT2D eigenvalue weighted by Crippen LogP contribution is 2.48. The third-order valence-electron chi connectivity index (χ3n) is 5.44. The molecule has 7 nitrogen and oxygen atoms in total. The topological polar surface area (TPSA) is 84.2 Å². The molecule has 2 aliphatic heterocycles. The maximum absolute atomic E-state index is 13.4. The highest BCUT2D eigenvalue weighted by atomic mass is 16.5. The van der Waals surface area contributed by atoms with Crippen LogP contribution >= 0.6 is 0 Å². The van der Waals surface area contributed by atoms with E-state index in [0.717, 1.165) is 0 Å². The van der Waals surface area contributed by atoms with Gasteiger partial charge in [0, 0.05) is 18.6 Å². The van der Waals surface area contributed by atoms with Crippen molar-refractivity contribution in [3.63, 3.8) is 0 Å². The Morgan fingerprint density at radius 1 is 1.10 bits per heavy atom. The number of fused-ring (bicyclic) bond motifs is 6. The molecule has 0 fully saturated rings. The van der Waals surface area contributed by atoms with E-state index in [1.165, 1.54) is 6.92 Å². The molecule has 0 amide bonds. The molecule has 1 aromatic heterocycles. The molecule has 0 spiro atoms. The van der Waals surface area contributed by atoms with E-state index < -0.39 is 12.0 Å². The molecule has 2 atom stereocenters. The number of carbonyl (C=O) groups is 2. The number of furan rings is 1. The van der Waals surface area contributed by atoms with Crippen molar-refractivity contribution in [2.24, 2.45) is 0 Å². The van der Waals surface area contributed by atoms with Crippen molar-refractivity contribution in [2.45, 2.75) is 18.9 Å². The number of hydrogen-bond donors (Lipinski definition) is 0. The molecule has 0 saturated heterocycles. The molecule has 3 heterocycles. The molecule has 148 valence electrons. The Labute approximate surface area is 166 Å². The fraction of sp³-hybridized carbons (Fsp3) is 0.273. The molecule has 5 rings (SSSR count). The first-order chi connectivity index (χ1) is 14.0. The largest absolute Gasteiger partial charge is 0.493 e. The predicted octanol–water partition coefficient (Wildman–Crippen LogP) is 3.77. The van der Waals surface area contributed by atoms with Gasteiger partial charge < -0.3 is 23.4 Å². The van der Waals surface area contributed by atoms with Crippen molar-refractivity contribution < 1.29 is 33.0 Å². The van der Waals surface area contributed by atoms with E-state index in [9.17, 15) is 9.59 Å². The van der Waals surface area contributed by atoms with Gasteiger partial charge in [0.25, 0.3) is 0 Å². The zero-order valence-corrected chi connectivity index (χ0v) is 16.1. The Kier molecular flexibility index (Phi) is 3.81. The summed E-state index contributed by atoms with van der Waals surface area (Å²) in [5, 5.41) is 0.609. The van der Waals surface area contributed by atoms with Gasteiger partial charge in [0.05, 0.1) is 31.1 Å². The molecule has 0 saturated carbocycles. The average Bonchev–Trinajstić information content (AvgIpc) is 3.17. The molecule has 0 radical (unpaired) electrons. The van der Waals surface area contributed by atoms with Gasteiger partial charge in [-0.1, -0.05) is 0 Å². The molecular formula is C22H18O7. The second kappa shape index (κ2) is 6.27.